The number of nitrogens with two attached hydrogens (primary N) is 1. The lowest BCUT2D eigenvalue weighted by Gasteiger charge is -2.29. The first-order valence-electron chi connectivity index (χ1n) is 6.78. The van der Waals surface area contributed by atoms with Gasteiger partial charge in [-0.05, 0) is 20.3 Å². The Morgan fingerprint density at radius 2 is 2.11 bits per heavy atom. The van der Waals surface area contributed by atoms with E-state index in [9.17, 15) is 0 Å². The first-order valence-corrected chi connectivity index (χ1v) is 7.66. The third-order valence-corrected chi connectivity index (χ3v) is 4.90. The standard InChI is InChI=1S/C14H25N3S/c1-9(2)17-7-6-10(15)12(17)11-8-18-13(16-11)14(3,4)5/h8-10,12H,6-7,15H2,1-5H3. The van der Waals surface area contributed by atoms with E-state index >= 15 is 0 Å². The summed E-state index contributed by atoms with van der Waals surface area (Å²) in [5, 5.41) is 3.41. The lowest BCUT2D eigenvalue weighted by atomic mass is 9.98. The maximum Gasteiger partial charge on any atom is 0.0982 e. The smallest absolute Gasteiger partial charge is 0.0982 e. The molecule has 2 unspecified atom stereocenters. The Morgan fingerprint density at radius 1 is 1.44 bits per heavy atom. The summed E-state index contributed by atoms with van der Waals surface area (Å²) < 4.78 is 0. The minimum absolute atomic E-state index is 0.133. The summed E-state index contributed by atoms with van der Waals surface area (Å²) in [6.07, 6.45) is 1.07. The van der Waals surface area contributed by atoms with Gasteiger partial charge in [-0.3, -0.25) is 4.90 Å². The van der Waals surface area contributed by atoms with Crippen LogP contribution in [0, 0.1) is 0 Å². The highest BCUT2D eigenvalue weighted by Crippen LogP contribution is 2.35. The molecule has 2 atom stereocenters. The Labute approximate surface area is 114 Å². The van der Waals surface area contributed by atoms with Gasteiger partial charge in [-0.15, -0.1) is 11.3 Å². The Hall–Kier alpha value is -0.450. The van der Waals surface area contributed by atoms with Crippen molar-refractivity contribution in [1.29, 1.82) is 0 Å². The van der Waals surface area contributed by atoms with E-state index in [1.165, 1.54) is 10.7 Å². The fourth-order valence-corrected chi connectivity index (χ4v) is 3.51. The highest BCUT2D eigenvalue weighted by Gasteiger charge is 2.36. The number of aromatic nitrogens is 1. The molecule has 102 valence electrons. The molecule has 1 aliphatic rings. The van der Waals surface area contributed by atoms with Crippen molar-refractivity contribution in [2.75, 3.05) is 6.54 Å². The highest BCUT2D eigenvalue weighted by molar-refractivity contribution is 7.09. The van der Waals surface area contributed by atoms with Crippen LogP contribution in [0.15, 0.2) is 5.38 Å². The molecule has 18 heavy (non-hydrogen) atoms. The van der Waals surface area contributed by atoms with Crippen molar-refractivity contribution in [1.82, 2.24) is 9.88 Å². The van der Waals surface area contributed by atoms with E-state index in [0.717, 1.165) is 13.0 Å². The summed E-state index contributed by atoms with van der Waals surface area (Å²) in [6.45, 7) is 12.2. The van der Waals surface area contributed by atoms with Crippen LogP contribution in [0.25, 0.3) is 0 Å². The average molecular weight is 267 g/mol. The molecule has 0 spiro atoms. The van der Waals surface area contributed by atoms with Crippen LogP contribution in [0.3, 0.4) is 0 Å². The molecule has 0 radical (unpaired) electrons. The number of nitrogens with zero attached hydrogens (tertiary/aromatic N) is 2. The summed E-state index contributed by atoms with van der Waals surface area (Å²) >= 11 is 1.77. The molecule has 0 aliphatic carbocycles. The molecular weight excluding hydrogens is 242 g/mol. The van der Waals surface area contributed by atoms with Gasteiger partial charge in [0.25, 0.3) is 0 Å². The van der Waals surface area contributed by atoms with Gasteiger partial charge in [0.15, 0.2) is 0 Å². The molecular formula is C14H25N3S. The van der Waals surface area contributed by atoms with E-state index in [2.05, 4.69) is 44.9 Å². The number of thiazole rings is 1. The van der Waals surface area contributed by atoms with E-state index in [4.69, 9.17) is 10.7 Å². The summed E-state index contributed by atoms with van der Waals surface area (Å²) in [5.74, 6) is 0. The molecule has 1 saturated heterocycles. The predicted octanol–water partition coefficient (Wildman–Crippen LogP) is 2.92. The third kappa shape index (κ3) is 2.60. The van der Waals surface area contributed by atoms with Crippen LogP contribution in [0.2, 0.25) is 0 Å². The average Bonchev–Trinajstić information content (AvgIpc) is 2.81. The topological polar surface area (TPSA) is 42.1 Å². The van der Waals surface area contributed by atoms with Gasteiger partial charge in [0.2, 0.25) is 0 Å². The molecule has 2 N–H and O–H groups in total. The van der Waals surface area contributed by atoms with Crippen LogP contribution in [0.1, 0.15) is 57.8 Å². The lowest BCUT2D eigenvalue weighted by Crippen LogP contribution is -2.36. The zero-order valence-electron chi connectivity index (χ0n) is 12.1. The quantitative estimate of drug-likeness (QED) is 0.896. The molecule has 0 aromatic carbocycles. The summed E-state index contributed by atoms with van der Waals surface area (Å²) in [7, 11) is 0. The van der Waals surface area contributed by atoms with Crippen molar-refractivity contribution in [3.8, 4) is 0 Å². The second-order valence-electron chi connectivity index (χ2n) is 6.56. The monoisotopic (exact) mass is 267 g/mol. The molecule has 1 aliphatic heterocycles. The van der Waals surface area contributed by atoms with Gasteiger partial charge >= 0.3 is 0 Å². The molecule has 0 amide bonds. The summed E-state index contributed by atoms with van der Waals surface area (Å²) in [6, 6.07) is 1.06. The molecule has 2 rings (SSSR count). The molecule has 2 heterocycles. The van der Waals surface area contributed by atoms with Crippen LogP contribution >= 0.6 is 11.3 Å². The number of hydrogen-bond donors (Lipinski definition) is 1. The van der Waals surface area contributed by atoms with Crippen LogP contribution in [0.4, 0.5) is 0 Å². The zero-order chi connectivity index (χ0) is 13.5. The van der Waals surface area contributed by atoms with Crippen LogP contribution < -0.4 is 5.73 Å². The molecule has 1 aromatic rings. The largest absolute Gasteiger partial charge is 0.326 e. The predicted molar refractivity (Wildman–Crippen MR) is 78.0 cm³/mol. The van der Waals surface area contributed by atoms with E-state index in [1.54, 1.807) is 11.3 Å². The maximum absolute atomic E-state index is 6.28. The Bertz CT molecular complexity index is 405. The molecule has 0 bridgehead atoms. The Balaban J connectivity index is 2.27. The van der Waals surface area contributed by atoms with Crippen molar-refractivity contribution < 1.29 is 0 Å². The van der Waals surface area contributed by atoms with Gasteiger partial charge in [-0.2, -0.15) is 0 Å². The minimum atomic E-state index is 0.133. The number of rotatable bonds is 2. The van der Waals surface area contributed by atoms with Gasteiger partial charge < -0.3 is 5.73 Å². The van der Waals surface area contributed by atoms with Gasteiger partial charge in [0.05, 0.1) is 16.7 Å². The van der Waals surface area contributed by atoms with Gasteiger partial charge in [0, 0.05) is 29.4 Å². The van der Waals surface area contributed by atoms with Crippen molar-refractivity contribution >= 4 is 11.3 Å². The first-order chi connectivity index (χ1) is 8.30. The van der Waals surface area contributed by atoms with Crippen LogP contribution in [-0.2, 0) is 5.41 Å². The second-order valence-corrected chi connectivity index (χ2v) is 7.41. The van der Waals surface area contributed by atoms with E-state index in [0.29, 0.717) is 12.1 Å². The van der Waals surface area contributed by atoms with Crippen molar-refractivity contribution in [2.45, 2.75) is 64.6 Å². The van der Waals surface area contributed by atoms with Gasteiger partial charge in [-0.1, -0.05) is 20.8 Å². The molecule has 1 aromatic heterocycles. The molecule has 3 nitrogen and oxygen atoms in total. The summed E-state index contributed by atoms with van der Waals surface area (Å²) in [5.41, 5.74) is 7.58. The Morgan fingerprint density at radius 3 is 2.61 bits per heavy atom. The first kappa shape index (κ1) is 14.0. The molecule has 4 heteroatoms. The van der Waals surface area contributed by atoms with Crippen molar-refractivity contribution in [3.05, 3.63) is 16.1 Å². The normalized spacial score (nSPS) is 26.2. The van der Waals surface area contributed by atoms with Crippen LogP contribution in [-0.4, -0.2) is 28.5 Å². The molecule has 1 fully saturated rings. The SMILES string of the molecule is CC(C)N1CCC(N)C1c1csc(C(C)(C)C)n1. The van der Waals surface area contributed by atoms with E-state index in [1.807, 2.05) is 0 Å². The summed E-state index contributed by atoms with van der Waals surface area (Å²) in [4.78, 5) is 7.32. The highest BCUT2D eigenvalue weighted by atomic mass is 32.1. The van der Waals surface area contributed by atoms with Crippen LogP contribution in [0.5, 0.6) is 0 Å². The van der Waals surface area contributed by atoms with Gasteiger partial charge in [-0.25, -0.2) is 4.98 Å². The van der Waals surface area contributed by atoms with Crippen molar-refractivity contribution in [2.24, 2.45) is 5.73 Å². The lowest BCUT2D eigenvalue weighted by molar-refractivity contribution is 0.195. The fourth-order valence-electron chi connectivity index (χ4n) is 2.58. The maximum atomic E-state index is 6.28. The van der Waals surface area contributed by atoms with Gasteiger partial charge in [0.1, 0.15) is 0 Å². The van der Waals surface area contributed by atoms with Crippen molar-refractivity contribution in [3.63, 3.8) is 0 Å². The second kappa shape index (κ2) is 4.91. The number of likely N-dealkylation sites (tertiary alicyclic amines) is 1. The minimum Gasteiger partial charge on any atom is -0.326 e. The van der Waals surface area contributed by atoms with E-state index in [-0.39, 0.29) is 11.5 Å². The zero-order valence-corrected chi connectivity index (χ0v) is 12.9. The number of hydrogen-bond acceptors (Lipinski definition) is 4. The molecule has 0 saturated carbocycles. The fraction of sp³-hybridized carbons (Fsp3) is 0.786. The third-order valence-electron chi connectivity index (χ3n) is 3.61. The Kier molecular flexibility index (Phi) is 3.81. The van der Waals surface area contributed by atoms with E-state index < -0.39 is 0 Å².